The minimum Gasteiger partial charge on any atom is -0.496 e. The van der Waals surface area contributed by atoms with Gasteiger partial charge >= 0.3 is 0 Å². The lowest BCUT2D eigenvalue weighted by molar-refractivity contribution is 0.147. The van der Waals surface area contributed by atoms with Crippen molar-refractivity contribution in [2.24, 2.45) is 5.73 Å². The summed E-state index contributed by atoms with van der Waals surface area (Å²) in [5, 5.41) is 10.6. The second-order valence-corrected chi connectivity index (χ2v) is 5.98. The molecule has 0 bridgehead atoms. The number of rotatable bonds is 5. The van der Waals surface area contributed by atoms with Gasteiger partial charge in [-0.05, 0) is 41.8 Å². The average Bonchev–Trinajstić information content (AvgIpc) is 2.50. The highest BCUT2D eigenvalue weighted by atomic mass is 79.9. The largest absolute Gasteiger partial charge is 0.496 e. The van der Waals surface area contributed by atoms with E-state index in [1.54, 1.807) is 7.11 Å². The molecule has 0 saturated carbocycles. The molecule has 112 valence electrons. The third kappa shape index (κ3) is 3.64. The Morgan fingerprint density at radius 2 is 1.76 bits per heavy atom. The molecule has 0 aliphatic rings. The molecule has 0 heterocycles. The lowest BCUT2D eigenvalue weighted by Gasteiger charge is -2.23. The van der Waals surface area contributed by atoms with Gasteiger partial charge in [-0.2, -0.15) is 0 Å². The Hall–Kier alpha value is -1.36. The van der Waals surface area contributed by atoms with E-state index in [1.165, 1.54) is 0 Å². The van der Waals surface area contributed by atoms with Gasteiger partial charge in [0.1, 0.15) is 5.75 Å². The van der Waals surface area contributed by atoms with Crippen LogP contribution in [0.4, 0.5) is 0 Å². The molecule has 3 nitrogen and oxygen atoms in total. The second kappa shape index (κ2) is 7.07. The Morgan fingerprint density at radius 3 is 2.33 bits per heavy atom. The van der Waals surface area contributed by atoms with Crippen LogP contribution in [-0.4, -0.2) is 18.8 Å². The quantitative estimate of drug-likeness (QED) is 0.867. The van der Waals surface area contributed by atoms with Crippen LogP contribution in [0.5, 0.6) is 5.75 Å². The van der Waals surface area contributed by atoms with Crippen molar-refractivity contribution in [3.05, 3.63) is 63.6 Å². The van der Waals surface area contributed by atoms with Gasteiger partial charge in [0.15, 0.2) is 0 Å². The highest BCUT2D eigenvalue weighted by Gasteiger charge is 2.22. The molecule has 2 aromatic rings. The van der Waals surface area contributed by atoms with Crippen LogP contribution in [0.25, 0.3) is 0 Å². The van der Waals surface area contributed by atoms with E-state index in [-0.39, 0.29) is 5.92 Å². The van der Waals surface area contributed by atoms with Crippen LogP contribution in [0.3, 0.4) is 0 Å². The predicted molar refractivity (Wildman–Crippen MR) is 88.6 cm³/mol. The summed E-state index contributed by atoms with van der Waals surface area (Å²) in [6.45, 7) is 2.36. The summed E-state index contributed by atoms with van der Waals surface area (Å²) in [6, 6.07) is 13.6. The van der Waals surface area contributed by atoms with E-state index in [4.69, 9.17) is 10.5 Å². The lowest BCUT2D eigenvalue weighted by Crippen LogP contribution is -2.20. The molecule has 0 aliphatic heterocycles. The van der Waals surface area contributed by atoms with Crippen LogP contribution >= 0.6 is 15.9 Å². The molecule has 0 radical (unpaired) electrons. The maximum absolute atomic E-state index is 10.6. The standard InChI is InChI=1S/C17H20BrNO2/c1-11-3-4-13(9-16(11)21-2)15(10-19)17(20)12-5-7-14(18)8-6-12/h3-9,15,17,20H,10,19H2,1-2H3. The first-order chi connectivity index (χ1) is 10.1. The zero-order valence-electron chi connectivity index (χ0n) is 12.2. The topological polar surface area (TPSA) is 55.5 Å². The van der Waals surface area contributed by atoms with Crippen molar-refractivity contribution in [2.45, 2.75) is 18.9 Å². The first kappa shape index (κ1) is 16.0. The maximum Gasteiger partial charge on any atom is 0.122 e. The minimum absolute atomic E-state index is 0.166. The highest BCUT2D eigenvalue weighted by molar-refractivity contribution is 9.10. The molecule has 0 amide bonds. The van der Waals surface area contributed by atoms with Gasteiger partial charge in [-0.15, -0.1) is 0 Å². The summed E-state index contributed by atoms with van der Waals surface area (Å²) in [5.74, 6) is 0.648. The van der Waals surface area contributed by atoms with Crippen molar-refractivity contribution < 1.29 is 9.84 Å². The number of methoxy groups -OCH3 is 1. The molecule has 21 heavy (non-hydrogen) atoms. The van der Waals surface area contributed by atoms with Crippen LogP contribution in [0.15, 0.2) is 46.9 Å². The zero-order chi connectivity index (χ0) is 15.4. The molecule has 0 spiro atoms. The van der Waals surface area contributed by atoms with Crippen molar-refractivity contribution in [1.29, 1.82) is 0 Å². The molecule has 3 N–H and O–H groups in total. The monoisotopic (exact) mass is 349 g/mol. The molecule has 0 aliphatic carbocycles. The highest BCUT2D eigenvalue weighted by Crippen LogP contribution is 2.33. The summed E-state index contributed by atoms with van der Waals surface area (Å²) >= 11 is 3.40. The van der Waals surface area contributed by atoms with Crippen LogP contribution < -0.4 is 10.5 Å². The summed E-state index contributed by atoms with van der Waals surface area (Å²) in [6.07, 6.45) is -0.643. The third-order valence-electron chi connectivity index (χ3n) is 3.71. The Kier molecular flexibility index (Phi) is 5.39. The number of ether oxygens (including phenoxy) is 1. The van der Waals surface area contributed by atoms with Crippen molar-refractivity contribution in [1.82, 2.24) is 0 Å². The van der Waals surface area contributed by atoms with Gasteiger partial charge in [-0.1, -0.05) is 40.2 Å². The van der Waals surface area contributed by atoms with Gasteiger partial charge < -0.3 is 15.6 Å². The van der Waals surface area contributed by atoms with E-state index < -0.39 is 6.10 Å². The molecule has 2 unspecified atom stereocenters. The van der Waals surface area contributed by atoms with Gasteiger partial charge in [-0.25, -0.2) is 0 Å². The fourth-order valence-corrected chi connectivity index (χ4v) is 2.67. The number of aliphatic hydroxyl groups is 1. The molecule has 2 rings (SSSR count). The first-order valence-electron chi connectivity index (χ1n) is 6.85. The number of aliphatic hydroxyl groups excluding tert-OH is 1. The van der Waals surface area contributed by atoms with E-state index in [0.717, 1.165) is 26.9 Å². The first-order valence-corrected chi connectivity index (χ1v) is 7.64. The van der Waals surface area contributed by atoms with E-state index in [1.807, 2.05) is 49.4 Å². The number of hydrogen-bond donors (Lipinski definition) is 2. The summed E-state index contributed by atoms with van der Waals surface area (Å²) in [4.78, 5) is 0. The van der Waals surface area contributed by atoms with E-state index in [2.05, 4.69) is 15.9 Å². The Balaban J connectivity index is 2.32. The second-order valence-electron chi connectivity index (χ2n) is 5.07. The molecular weight excluding hydrogens is 330 g/mol. The molecule has 2 aromatic carbocycles. The predicted octanol–water partition coefficient (Wildman–Crippen LogP) is 3.54. The number of halogens is 1. The van der Waals surface area contributed by atoms with E-state index >= 15 is 0 Å². The average molecular weight is 350 g/mol. The zero-order valence-corrected chi connectivity index (χ0v) is 13.8. The maximum atomic E-state index is 10.6. The fourth-order valence-electron chi connectivity index (χ4n) is 2.41. The third-order valence-corrected chi connectivity index (χ3v) is 4.24. The summed E-state index contributed by atoms with van der Waals surface area (Å²) in [7, 11) is 1.65. The van der Waals surface area contributed by atoms with Crippen LogP contribution in [-0.2, 0) is 0 Å². The fraction of sp³-hybridized carbons (Fsp3) is 0.294. The minimum atomic E-state index is -0.643. The van der Waals surface area contributed by atoms with E-state index in [9.17, 15) is 5.11 Å². The Labute approximate surface area is 133 Å². The van der Waals surface area contributed by atoms with Crippen molar-refractivity contribution in [3.8, 4) is 5.75 Å². The number of nitrogens with two attached hydrogens (primary N) is 1. The summed E-state index contributed by atoms with van der Waals surface area (Å²) < 4.78 is 6.34. The van der Waals surface area contributed by atoms with Crippen LogP contribution in [0.1, 0.15) is 28.7 Å². The molecule has 0 aromatic heterocycles. The van der Waals surface area contributed by atoms with Crippen LogP contribution in [0, 0.1) is 6.92 Å². The van der Waals surface area contributed by atoms with Crippen LogP contribution in [0.2, 0.25) is 0 Å². The van der Waals surface area contributed by atoms with Gasteiger partial charge in [0.25, 0.3) is 0 Å². The Morgan fingerprint density at radius 1 is 1.14 bits per heavy atom. The molecule has 0 saturated heterocycles. The normalized spacial score (nSPS) is 13.8. The number of benzene rings is 2. The van der Waals surface area contributed by atoms with Crippen molar-refractivity contribution in [3.63, 3.8) is 0 Å². The van der Waals surface area contributed by atoms with E-state index in [0.29, 0.717) is 6.54 Å². The van der Waals surface area contributed by atoms with Crippen molar-refractivity contribution >= 4 is 15.9 Å². The molecular formula is C17H20BrNO2. The molecule has 2 atom stereocenters. The van der Waals surface area contributed by atoms with Crippen molar-refractivity contribution in [2.75, 3.05) is 13.7 Å². The van der Waals surface area contributed by atoms with Gasteiger partial charge in [0.05, 0.1) is 13.2 Å². The summed E-state index contributed by atoms with van der Waals surface area (Å²) in [5.41, 5.74) is 8.79. The number of aryl methyl sites for hydroxylation is 1. The molecule has 4 heteroatoms. The lowest BCUT2D eigenvalue weighted by atomic mass is 9.88. The number of hydrogen-bond acceptors (Lipinski definition) is 3. The van der Waals surface area contributed by atoms with Gasteiger partial charge in [0, 0.05) is 16.9 Å². The van der Waals surface area contributed by atoms with Gasteiger partial charge in [0.2, 0.25) is 0 Å². The smallest absolute Gasteiger partial charge is 0.122 e. The SMILES string of the molecule is COc1cc(C(CN)C(O)c2ccc(Br)cc2)ccc1C. The van der Waals surface area contributed by atoms with Gasteiger partial charge in [-0.3, -0.25) is 0 Å². The Bertz CT molecular complexity index is 598. The molecule has 0 fully saturated rings.